The fourth-order valence-electron chi connectivity index (χ4n) is 3.40. The molecule has 1 amide bonds. The average molecular weight is 495 g/mol. The molecule has 10 heteroatoms. The molecule has 0 spiro atoms. The normalized spacial score (nSPS) is 15.9. The van der Waals surface area contributed by atoms with Crippen LogP contribution in [0.1, 0.15) is 39.7 Å². The van der Waals surface area contributed by atoms with Gasteiger partial charge >= 0.3 is 0 Å². The van der Waals surface area contributed by atoms with Gasteiger partial charge in [-0.05, 0) is 56.7 Å². The third-order valence-corrected chi connectivity index (χ3v) is 7.35. The van der Waals surface area contributed by atoms with Crippen LogP contribution in [0.5, 0.6) is 17.2 Å². The van der Waals surface area contributed by atoms with Gasteiger partial charge in [-0.2, -0.15) is 0 Å². The topological polar surface area (TPSA) is 103 Å². The number of ether oxygens (including phenoxy) is 3. The first-order valence-electron chi connectivity index (χ1n) is 10.9. The van der Waals surface area contributed by atoms with Crippen molar-refractivity contribution in [2.75, 3.05) is 25.1 Å². The van der Waals surface area contributed by atoms with Gasteiger partial charge in [0.1, 0.15) is 0 Å². The van der Waals surface area contributed by atoms with E-state index in [-0.39, 0.29) is 22.6 Å². The molecule has 0 radical (unpaired) electrons. The standard InChI is InChI=1S/C23H30N2O6S2/c1-5-29-19-11-16(12-20(30-6-2)23(19)31-7-3)14-24-33(27,28)17-8-9-21-18(13-17)25-22(26)10-15(4)32-21/h8-9,11-13,15,24H,5-7,10,14H2,1-4H3,(H,25,26)/t15-/m1/s1. The number of carbonyl (C=O) groups is 1. The number of benzene rings is 2. The molecule has 0 aromatic heterocycles. The van der Waals surface area contributed by atoms with Crippen molar-refractivity contribution in [3.05, 3.63) is 35.9 Å². The molecule has 1 aliphatic rings. The lowest BCUT2D eigenvalue weighted by Crippen LogP contribution is -2.23. The quantitative estimate of drug-likeness (QED) is 0.511. The number of thioether (sulfide) groups is 1. The first-order valence-corrected chi connectivity index (χ1v) is 13.3. The molecule has 8 nitrogen and oxygen atoms in total. The van der Waals surface area contributed by atoms with Crippen molar-refractivity contribution in [3.8, 4) is 17.2 Å². The molecule has 2 aromatic carbocycles. The molecule has 3 rings (SSSR count). The molecule has 0 unspecified atom stereocenters. The first-order chi connectivity index (χ1) is 15.8. The zero-order chi connectivity index (χ0) is 24.0. The van der Waals surface area contributed by atoms with Gasteiger partial charge in [-0.3, -0.25) is 4.79 Å². The molecule has 1 aliphatic heterocycles. The Balaban J connectivity index is 1.85. The molecule has 1 heterocycles. The fraction of sp³-hybridized carbons (Fsp3) is 0.435. The summed E-state index contributed by atoms with van der Waals surface area (Å²) >= 11 is 1.55. The van der Waals surface area contributed by atoms with Gasteiger partial charge < -0.3 is 19.5 Å². The highest BCUT2D eigenvalue weighted by molar-refractivity contribution is 8.00. The lowest BCUT2D eigenvalue weighted by Gasteiger charge is -2.17. The summed E-state index contributed by atoms with van der Waals surface area (Å²) in [5.74, 6) is 1.37. The van der Waals surface area contributed by atoms with Crippen LogP contribution in [-0.4, -0.2) is 39.4 Å². The highest BCUT2D eigenvalue weighted by atomic mass is 32.2. The third kappa shape index (κ3) is 6.33. The maximum Gasteiger partial charge on any atom is 0.240 e. The first kappa shape index (κ1) is 25.2. The molecular formula is C23H30N2O6S2. The number of carbonyl (C=O) groups excluding carboxylic acids is 1. The van der Waals surface area contributed by atoms with E-state index in [0.29, 0.717) is 54.7 Å². The van der Waals surface area contributed by atoms with Gasteiger partial charge in [-0.1, -0.05) is 6.92 Å². The Labute approximate surface area is 199 Å². The van der Waals surface area contributed by atoms with Crippen molar-refractivity contribution < 1.29 is 27.4 Å². The fourth-order valence-corrected chi connectivity index (χ4v) is 5.50. The molecule has 2 aromatic rings. The van der Waals surface area contributed by atoms with E-state index in [9.17, 15) is 13.2 Å². The summed E-state index contributed by atoms with van der Waals surface area (Å²) in [5.41, 5.74) is 1.18. The van der Waals surface area contributed by atoms with Crippen molar-refractivity contribution >= 4 is 33.4 Å². The van der Waals surface area contributed by atoms with E-state index in [2.05, 4.69) is 10.0 Å². The summed E-state index contributed by atoms with van der Waals surface area (Å²) in [6, 6.07) is 8.27. The van der Waals surface area contributed by atoms with E-state index in [0.717, 1.165) is 4.90 Å². The van der Waals surface area contributed by atoms with Crippen LogP contribution in [0.2, 0.25) is 0 Å². The maximum atomic E-state index is 13.0. The second kappa shape index (κ2) is 11.1. The van der Waals surface area contributed by atoms with E-state index < -0.39 is 10.0 Å². The Morgan fingerprint density at radius 1 is 1.03 bits per heavy atom. The van der Waals surface area contributed by atoms with Crippen molar-refractivity contribution in [1.82, 2.24) is 4.72 Å². The Morgan fingerprint density at radius 2 is 1.67 bits per heavy atom. The molecule has 0 fully saturated rings. The summed E-state index contributed by atoms with van der Waals surface area (Å²) in [5, 5.41) is 2.92. The summed E-state index contributed by atoms with van der Waals surface area (Å²) in [6.45, 7) is 8.90. The predicted molar refractivity (Wildman–Crippen MR) is 129 cm³/mol. The maximum absolute atomic E-state index is 13.0. The SMILES string of the molecule is CCOc1cc(CNS(=O)(=O)c2ccc3c(c2)NC(=O)C[C@@H](C)S3)cc(OCC)c1OCC. The lowest BCUT2D eigenvalue weighted by molar-refractivity contribution is -0.116. The molecule has 0 saturated carbocycles. The van der Waals surface area contributed by atoms with Gasteiger partial charge in [-0.25, -0.2) is 13.1 Å². The Morgan fingerprint density at radius 3 is 2.27 bits per heavy atom. The van der Waals surface area contributed by atoms with Gasteiger partial charge in [0.05, 0.1) is 30.4 Å². The minimum absolute atomic E-state index is 0.0319. The highest BCUT2D eigenvalue weighted by Crippen LogP contribution is 2.39. The van der Waals surface area contributed by atoms with Crippen LogP contribution in [0.3, 0.4) is 0 Å². The molecule has 33 heavy (non-hydrogen) atoms. The smallest absolute Gasteiger partial charge is 0.240 e. The Bertz CT molecular complexity index is 1080. The molecule has 0 aliphatic carbocycles. The number of sulfonamides is 1. The lowest BCUT2D eigenvalue weighted by atomic mass is 10.2. The van der Waals surface area contributed by atoms with Crippen molar-refractivity contribution in [1.29, 1.82) is 0 Å². The van der Waals surface area contributed by atoms with E-state index in [1.54, 1.807) is 36.0 Å². The Hall–Kier alpha value is -2.43. The monoisotopic (exact) mass is 494 g/mol. The van der Waals surface area contributed by atoms with E-state index in [1.165, 1.54) is 6.07 Å². The van der Waals surface area contributed by atoms with Gasteiger partial charge in [-0.15, -0.1) is 11.8 Å². The minimum atomic E-state index is -3.83. The summed E-state index contributed by atoms with van der Waals surface area (Å²) < 4.78 is 45.7. The van der Waals surface area contributed by atoms with Crippen LogP contribution < -0.4 is 24.2 Å². The van der Waals surface area contributed by atoms with Crippen LogP contribution >= 0.6 is 11.8 Å². The predicted octanol–water partition coefficient (Wildman–Crippen LogP) is 4.18. The highest BCUT2D eigenvalue weighted by Gasteiger charge is 2.23. The number of hydrogen-bond donors (Lipinski definition) is 2. The summed E-state index contributed by atoms with van der Waals surface area (Å²) in [4.78, 5) is 13.0. The van der Waals surface area contributed by atoms with Gasteiger partial charge in [0.15, 0.2) is 11.5 Å². The van der Waals surface area contributed by atoms with E-state index in [4.69, 9.17) is 14.2 Å². The summed E-state index contributed by atoms with van der Waals surface area (Å²) in [7, 11) is -3.83. The molecule has 0 bridgehead atoms. The molecule has 0 saturated heterocycles. The molecule has 180 valence electrons. The zero-order valence-electron chi connectivity index (χ0n) is 19.3. The van der Waals surface area contributed by atoms with Crippen LogP contribution in [0, 0.1) is 0 Å². The van der Waals surface area contributed by atoms with Crippen LogP contribution in [-0.2, 0) is 21.4 Å². The van der Waals surface area contributed by atoms with Crippen molar-refractivity contribution in [3.63, 3.8) is 0 Å². The van der Waals surface area contributed by atoms with Crippen LogP contribution in [0.4, 0.5) is 5.69 Å². The second-order valence-electron chi connectivity index (χ2n) is 7.38. The van der Waals surface area contributed by atoms with E-state index in [1.807, 2.05) is 27.7 Å². The number of amides is 1. The average Bonchev–Trinajstić information content (AvgIpc) is 2.90. The number of nitrogens with one attached hydrogen (secondary N) is 2. The number of anilines is 1. The summed E-state index contributed by atoms with van der Waals surface area (Å²) in [6.07, 6.45) is 0.377. The third-order valence-electron chi connectivity index (χ3n) is 4.77. The Kier molecular flexibility index (Phi) is 8.50. The van der Waals surface area contributed by atoms with Crippen molar-refractivity contribution in [2.45, 2.75) is 55.7 Å². The second-order valence-corrected chi connectivity index (χ2v) is 10.6. The van der Waals surface area contributed by atoms with Gasteiger partial charge in [0.2, 0.25) is 21.7 Å². The van der Waals surface area contributed by atoms with Crippen LogP contribution in [0.25, 0.3) is 0 Å². The largest absolute Gasteiger partial charge is 0.490 e. The molecule has 1 atom stereocenters. The number of hydrogen-bond acceptors (Lipinski definition) is 7. The minimum Gasteiger partial charge on any atom is -0.490 e. The molecular weight excluding hydrogens is 464 g/mol. The number of fused-ring (bicyclic) bond motifs is 1. The van der Waals surface area contributed by atoms with Gasteiger partial charge in [0.25, 0.3) is 0 Å². The van der Waals surface area contributed by atoms with E-state index >= 15 is 0 Å². The number of rotatable bonds is 10. The van der Waals surface area contributed by atoms with Gasteiger partial charge in [0, 0.05) is 23.1 Å². The molecule has 2 N–H and O–H groups in total. The van der Waals surface area contributed by atoms with Crippen molar-refractivity contribution in [2.24, 2.45) is 0 Å². The van der Waals surface area contributed by atoms with Crippen LogP contribution in [0.15, 0.2) is 40.1 Å². The zero-order valence-corrected chi connectivity index (χ0v) is 20.9.